The molecule has 0 aromatic heterocycles. The van der Waals surface area contributed by atoms with E-state index in [-0.39, 0.29) is 28.4 Å². The van der Waals surface area contributed by atoms with Crippen molar-refractivity contribution in [1.29, 1.82) is 5.41 Å². The van der Waals surface area contributed by atoms with Crippen molar-refractivity contribution >= 4 is 49.9 Å². The van der Waals surface area contributed by atoms with Gasteiger partial charge in [-0.1, -0.05) is 18.2 Å². The maximum absolute atomic E-state index is 12.6. The summed E-state index contributed by atoms with van der Waals surface area (Å²) in [5.41, 5.74) is 1.59. The van der Waals surface area contributed by atoms with Gasteiger partial charge in [0.25, 0.3) is 5.91 Å². The fourth-order valence-corrected chi connectivity index (χ4v) is 5.27. The molecule has 12 heteroatoms. The van der Waals surface area contributed by atoms with Gasteiger partial charge in [0.1, 0.15) is 24.8 Å². The molecule has 2 aliphatic rings. The molecule has 2 aromatic rings. The summed E-state index contributed by atoms with van der Waals surface area (Å²) >= 11 is 0.746. The number of fused-ring (bicyclic) bond motifs is 1. The van der Waals surface area contributed by atoms with Gasteiger partial charge in [0.15, 0.2) is 11.5 Å². The Labute approximate surface area is 213 Å². The van der Waals surface area contributed by atoms with Crippen LogP contribution in [0.3, 0.4) is 0 Å². The normalized spacial score (nSPS) is 16.5. The number of carbonyl (C=O) groups excluding carboxylic acids is 1. The van der Waals surface area contributed by atoms with Crippen LogP contribution in [0.4, 0.5) is 0 Å². The number of nitrogens with one attached hydrogen (secondary N) is 1. The monoisotopic (exact) mass is 528 g/mol. The van der Waals surface area contributed by atoms with Crippen molar-refractivity contribution in [2.45, 2.75) is 13.8 Å². The van der Waals surface area contributed by atoms with Crippen molar-refractivity contribution in [3.63, 3.8) is 0 Å². The van der Waals surface area contributed by atoms with E-state index in [9.17, 15) is 13.2 Å². The molecule has 36 heavy (non-hydrogen) atoms. The average Bonchev–Trinajstić information content (AvgIpc) is 3.25. The smallest absolute Gasteiger partial charge is 0.283 e. The van der Waals surface area contributed by atoms with Gasteiger partial charge >= 0.3 is 0 Å². The topological polar surface area (TPSA) is 131 Å². The summed E-state index contributed by atoms with van der Waals surface area (Å²) < 4.78 is 45.2. The highest BCUT2D eigenvalue weighted by atomic mass is 32.2. The molecular weight excluding hydrogens is 504 g/mol. The number of amidine groups is 3. The van der Waals surface area contributed by atoms with Gasteiger partial charge in [0.05, 0.1) is 24.1 Å². The highest BCUT2D eigenvalue weighted by Crippen LogP contribution is 2.32. The summed E-state index contributed by atoms with van der Waals surface area (Å²) in [4.78, 5) is 17.6. The number of aliphatic imine (C=N–C) groups is 1. The molecule has 0 saturated carbocycles. The SMILES string of the molecule is CCOc1cc(/C=C2/C(=N)N3C(=NC2=O)SN=C3S(C)(=O)=O)ccc1OCCOc1cccc(C)c1. The van der Waals surface area contributed by atoms with Gasteiger partial charge < -0.3 is 14.2 Å². The molecule has 0 saturated heterocycles. The fraction of sp³-hybridized carbons (Fsp3) is 0.250. The molecule has 0 fully saturated rings. The van der Waals surface area contributed by atoms with Gasteiger partial charge in [0, 0.05) is 6.26 Å². The van der Waals surface area contributed by atoms with Crippen molar-refractivity contribution in [2.75, 3.05) is 26.1 Å². The first-order valence-electron chi connectivity index (χ1n) is 11.0. The van der Waals surface area contributed by atoms with Gasteiger partial charge in [-0.2, -0.15) is 9.39 Å². The number of amides is 1. The van der Waals surface area contributed by atoms with Crippen molar-refractivity contribution < 1.29 is 27.4 Å². The zero-order valence-corrected chi connectivity index (χ0v) is 21.5. The lowest BCUT2D eigenvalue weighted by Crippen LogP contribution is -2.45. The van der Waals surface area contributed by atoms with Crippen LogP contribution in [-0.2, 0) is 14.6 Å². The van der Waals surface area contributed by atoms with Gasteiger partial charge in [-0.25, -0.2) is 13.3 Å². The number of rotatable bonds is 8. The van der Waals surface area contributed by atoms with Crippen LogP contribution in [-0.4, -0.2) is 61.5 Å². The predicted octanol–water partition coefficient (Wildman–Crippen LogP) is 3.47. The number of hydrogen-bond acceptors (Lipinski definition) is 9. The molecule has 2 heterocycles. The minimum absolute atomic E-state index is 0.0363. The van der Waals surface area contributed by atoms with E-state index in [2.05, 4.69) is 9.39 Å². The van der Waals surface area contributed by atoms with Crippen molar-refractivity contribution in [1.82, 2.24) is 4.90 Å². The minimum Gasteiger partial charge on any atom is -0.490 e. The first-order chi connectivity index (χ1) is 17.2. The number of carbonyl (C=O) groups is 1. The molecule has 1 N–H and O–H groups in total. The second kappa shape index (κ2) is 10.5. The molecule has 2 aromatic carbocycles. The van der Waals surface area contributed by atoms with Crippen LogP contribution in [0.25, 0.3) is 6.08 Å². The first-order valence-corrected chi connectivity index (χ1v) is 13.6. The van der Waals surface area contributed by atoms with Crippen LogP contribution >= 0.6 is 11.9 Å². The molecule has 4 rings (SSSR count). The second-order valence-corrected chi connectivity index (χ2v) is 10.5. The fourth-order valence-electron chi connectivity index (χ4n) is 3.42. The maximum atomic E-state index is 12.6. The lowest BCUT2D eigenvalue weighted by atomic mass is 10.1. The lowest BCUT2D eigenvalue weighted by molar-refractivity contribution is -0.114. The molecule has 0 bridgehead atoms. The number of hydrogen-bond donors (Lipinski definition) is 1. The standard InChI is InChI=1S/C24H24N4O6S2/c1-4-32-20-14-16(8-9-19(20)34-11-10-33-17-7-5-6-15(2)12-17)13-18-21(25)28-23(26-22(18)29)35-27-24(28)36(3,30)31/h5-9,12-14,25H,4,10-11H2,1-3H3/b18-13-,25-21?. The van der Waals surface area contributed by atoms with Crippen molar-refractivity contribution in [3.05, 3.63) is 59.2 Å². The van der Waals surface area contributed by atoms with E-state index >= 15 is 0 Å². The number of aryl methyl sites for hydroxylation is 1. The Bertz CT molecular complexity index is 1420. The van der Waals surface area contributed by atoms with Crippen LogP contribution < -0.4 is 14.2 Å². The van der Waals surface area contributed by atoms with E-state index in [1.165, 1.54) is 6.08 Å². The van der Waals surface area contributed by atoms with Crippen LogP contribution in [0.15, 0.2) is 57.4 Å². The van der Waals surface area contributed by atoms with Crippen LogP contribution in [0, 0.1) is 12.3 Å². The molecule has 0 spiro atoms. The molecule has 0 radical (unpaired) electrons. The van der Waals surface area contributed by atoms with E-state index < -0.39 is 15.7 Å². The Morgan fingerprint density at radius 2 is 1.86 bits per heavy atom. The summed E-state index contributed by atoms with van der Waals surface area (Å²) in [6.45, 7) is 4.84. The Morgan fingerprint density at radius 3 is 2.58 bits per heavy atom. The van der Waals surface area contributed by atoms with Crippen LogP contribution in [0.5, 0.6) is 17.2 Å². The Morgan fingerprint density at radius 1 is 1.08 bits per heavy atom. The third-order valence-corrected chi connectivity index (χ3v) is 6.76. The van der Waals surface area contributed by atoms with E-state index in [1.54, 1.807) is 18.2 Å². The summed E-state index contributed by atoms with van der Waals surface area (Å²) in [6.07, 6.45) is 2.45. The number of nitrogens with zero attached hydrogens (tertiary/aromatic N) is 3. The van der Waals surface area contributed by atoms with E-state index in [0.29, 0.717) is 30.3 Å². The Balaban J connectivity index is 1.51. The summed E-state index contributed by atoms with van der Waals surface area (Å²) in [6, 6.07) is 12.8. The highest BCUT2D eigenvalue weighted by molar-refractivity contribution is 8.16. The number of benzene rings is 2. The molecular formula is C24H24N4O6S2. The molecule has 1 amide bonds. The molecule has 0 aliphatic carbocycles. The van der Waals surface area contributed by atoms with E-state index in [0.717, 1.165) is 34.4 Å². The Hall–Kier alpha value is -3.64. The molecule has 0 unspecified atom stereocenters. The molecule has 188 valence electrons. The lowest BCUT2D eigenvalue weighted by Gasteiger charge is -2.23. The highest BCUT2D eigenvalue weighted by Gasteiger charge is 2.41. The zero-order chi connectivity index (χ0) is 25.9. The van der Waals surface area contributed by atoms with Gasteiger partial charge in [0.2, 0.25) is 20.2 Å². The third kappa shape index (κ3) is 5.60. The van der Waals surface area contributed by atoms with E-state index in [1.807, 2.05) is 38.1 Å². The van der Waals surface area contributed by atoms with Gasteiger partial charge in [-0.05, 0) is 55.3 Å². The Kier molecular flexibility index (Phi) is 7.45. The van der Waals surface area contributed by atoms with E-state index in [4.69, 9.17) is 19.6 Å². The first kappa shape index (κ1) is 25.5. The summed E-state index contributed by atoms with van der Waals surface area (Å²) in [7, 11) is -3.72. The third-order valence-electron chi connectivity index (χ3n) is 5.00. The second-order valence-electron chi connectivity index (χ2n) is 7.83. The minimum atomic E-state index is -3.72. The maximum Gasteiger partial charge on any atom is 0.283 e. The molecule has 2 aliphatic heterocycles. The van der Waals surface area contributed by atoms with Gasteiger partial charge in [-0.3, -0.25) is 10.2 Å². The molecule has 10 nitrogen and oxygen atoms in total. The quantitative estimate of drug-likeness (QED) is 0.313. The summed E-state index contributed by atoms with van der Waals surface area (Å²) in [5.74, 6) is 0.744. The summed E-state index contributed by atoms with van der Waals surface area (Å²) in [5, 5.41) is 8.17. The van der Waals surface area contributed by atoms with Crippen molar-refractivity contribution in [3.8, 4) is 17.2 Å². The molecule has 0 atom stereocenters. The average molecular weight is 529 g/mol. The predicted molar refractivity (Wildman–Crippen MR) is 140 cm³/mol. The number of ether oxygens (including phenoxy) is 3. The largest absolute Gasteiger partial charge is 0.490 e. The van der Waals surface area contributed by atoms with Crippen LogP contribution in [0.1, 0.15) is 18.1 Å². The number of sulfone groups is 1. The van der Waals surface area contributed by atoms with Crippen molar-refractivity contribution in [2.24, 2.45) is 9.39 Å². The van der Waals surface area contributed by atoms with Crippen LogP contribution in [0.2, 0.25) is 0 Å². The van der Waals surface area contributed by atoms with Gasteiger partial charge in [-0.15, -0.1) is 0 Å². The zero-order valence-electron chi connectivity index (χ0n) is 19.8.